The van der Waals surface area contributed by atoms with Gasteiger partial charge in [0, 0.05) is 6.54 Å². The summed E-state index contributed by atoms with van der Waals surface area (Å²) in [6.07, 6.45) is -0.0858. The molecule has 3 N–H and O–H groups in total. The third kappa shape index (κ3) is 12.8. The number of hydrogen-bond acceptors (Lipinski definition) is 7. The van der Waals surface area contributed by atoms with Crippen molar-refractivity contribution in [3.63, 3.8) is 0 Å². The van der Waals surface area contributed by atoms with Gasteiger partial charge in [-0.1, -0.05) is 84.9 Å². The first-order valence-electron chi connectivity index (χ1n) is 15.9. The molecule has 252 valence electrons. The van der Waals surface area contributed by atoms with Crippen molar-refractivity contribution in [2.45, 2.75) is 90.7 Å². The Kier molecular flexibility index (Phi) is 13.4. The molecule has 0 aliphatic heterocycles. The van der Waals surface area contributed by atoms with E-state index in [0.29, 0.717) is 19.4 Å². The molecule has 0 spiro atoms. The number of ether oxygens (including phenoxy) is 3. The first kappa shape index (κ1) is 36.6. The number of esters is 1. The maximum atomic E-state index is 13.3. The van der Waals surface area contributed by atoms with Crippen molar-refractivity contribution in [1.29, 1.82) is 0 Å². The third-order valence-electron chi connectivity index (χ3n) is 7.17. The van der Waals surface area contributed by atoms with Crippen molar-refractivity contribution in [1.82, 2.24) is 16.0 Å². The summed E-state index contributed by atoms with van der Waals surface area (Å²) in [5.41, 5.74) is 2.07. The van der Waals surface area contributed by atoms with Crippen LogP contribution in [0, 0.1) is 0 Å². The van der Waals surface area contributed by atoms with Crippen LogP contribution in [-0.2, 0) is 36.0 Å². The summed E-state index contributed by atoms with van der Waals surface area (Å²) >= 11 is 0. The second-order valence-corrected chi connectivity index (χ2v) is 12.8. The van der Waals surface area contributed by atoms with Gasteiger partial charge >= 0.3 is 18.2 Å². The molecule has 3 aromatic carbocycles. The van der Waals surface area contributed by atoms with Gasteiger partial charge in [-0.25, -0.2) is 14.4 Å². The van der Waals surface area contributed by atoms with E-state index >= 15 is 0 Å². The van der Waals surface area contributed by atoms with Gasteiger partial charge in [0.1, 0.15) is 29.9 Å². The quantitative estimate of drug-likeness (QED) is 0.102. The van der Waals surface area contributed by atoms with Crippen molar-refractivity contribution in [3.05, 3.63) is 96.1 Å². The van der Waals surface area contributed by atoms with Crippen molar-refractivity contribution in [2.75, 3.05) is 6.54 Å². The van der Waals surface area contributed by atoms with Crippen molar-refractivity contribution in [3.8, 4) is 11.1 Å². The predicted octanol–water partition coefficient (Wildman–Crippen LogP) is 6.63. The number of rotatable bonds is 14. The van der Waals surface area contributed by atoms with Gasteiger partial charge in [0.25, 0.3) is 0 Å². The molecule has 3 amide bonds. The third-order valence-corrected chi connectivity index (χ3v) is 7.17. The van der Waals surface area contributed by atoms with Crippen LogP contribution in [0.2, 0.25) is 0 Å². The van der Waals surface area contributed by atoms with E-state index in [4.69, 9.17) is 14.2 Å². The molecular formula is C37H47N3O7. The molecule has 0 aliphatic carbocycles. The van der Waals surface area contributed by atoms with Gasteiger partial charge in [-0.05, 0) is 83.1 Å². The van der Waals surface area contributed by atoms with E-state index in [1.54, 1.807) is 34.6 Å². The van der Waals surface area contributed by atoms with Crippen molar-refractivity contribution < 1.29 is 33.4 Å². The minimum Gasteiger partial charge on any atom is -0.459 e. The standard InChI is InChI=1S/C37H47N3O7/c1-26(33(42)45-25-27-15-9-7-10-16-27)39-32(41)31(19-13-14-24-38-34(43)46-36(2,3)4)40-35(44)47-37(5,6)30-22-20-29(21-23-30)28-17-11-8-12-18-28/h7-12,15-18,20-23,26,31H,13-14,19,24-25H2,1-6H3,(H,38,43)(H,39,41)(H,40,44)/t26-,31-/m0/s1. The summed E-state index contributed by atoms with van der Waals surface area (Å²) in [7, 11) is 0. The molecule has 3 rings (SSSR count). The SMILES string of the molecule is C[C@H](NC(=O)[C@H](CCCCNC(=O)OC(C)(C)C)NC(=O)OC(C)(C)c1ccc(-c2ccccc2)cc1)C(=O)OCc1ccccc1. The molecule has 0 aromatic heterocycles. The molecule has 0 aliphatic rings. The Bertz CT molecular complexity index is 1450. The fourth-order valence-electron chi connectivity index (χ4n) is 4.63. The van der Waals surface area contributed by atoms with Crippen LogP contribution >= 0.6 is 0 Å². The monoisotopic (exact) mass is 645 g/mol. The zero-order valence-electron chi connectivity index (χ0n) is 28.1. The van der Waals surface area contributed by atoms with Crippen LogP contribution in [-0.4, -0.2) is 48.3 Å². The van der Waals surface area contributed by atoms with Crippen LogP contribution in [0.15, 0.2) is 84.9 Å². The Morgan fingerprint density at radius 1 is 0.702 bits per heavy atom. The second kappa shape index (κ2) is 17.2. The lowest BCUT2D eigenvalue weighted by atomic mass is 9.95. The maximum absolute atomic E-state index is 13.3. The summed E-state index contributed by atoms with van der Waals surface area (Å²) in [6.45, 7) is 10.8. The fourth-order valence-corrected chi connectivity index (χ4v) is 4.63. The van der Waals surface area contributed by atoms with Gasteiger partial charge in [-0.3, -0.25) is 4.79 Å². The number of benzene rings is 3. The maximum Gasteiger partial charge on any atom is 0.408 e. The van der Waals surface area contributed by atoms with Crippen LogP contribution < -0.4 is 16.0 Å². The number of unbranched alkanes of at least 4 members (excludes halogenated alkanes) is 1. The largest absolute Gasteiger partial charge is 0.459 e. The number of carbonyl (C=O) groups excluding carboxylic acids is 4. The Morgan fingerprint density at radius 2 is 1.30 bits per heavy atom. The van der Waals surface area contributed by atoms with E-state index in [-0.39, 0.29) is 13.0 Å². The lowest BCUT2D eigenvalue weighted by molar-refractivity contribution is -0.148. The van der Waals surface area contributed by atoms with Gasteiger partial charge in [0.2, 0.25) is 5.91 Å². The summed E-state index contributed by atoms with van der Waals surface area (Å²) in [6, 6.07) is 24.9. The molecule has 0 unspecified atom stereocenters. The van der Waals surface area contributed by atoms with E-state index in [1.165, 1.54) is 6.92 Å². The van der Waals surface area contributed by atoms with Crippen LogP contribution in [0.3, 0.4) is 0 Å². The highest BCUT2D eigenvalue weighted by Crippen LogP contribution is 2.28. The summed E-state index contributed by atoms with van der Waals surface area (Å²) < 4.78 is 16.4. The van der Waals surface area contributed by atoms with Crippen LogP contribution in [0.5, 0.6) is 0 Å². The van der Waals surface area contributed by atoms with Crippen LogP contribution in [0.1, 0.15) is 71.9 Å². The highest BCUT2D eigenvalue weighted by Gasteiger charge is 2.30. The second-order valence-electron chi connectivity index (χ2n) is 12.8. The topological polar surface area (TPSA) is 132 Å². The first-order valence-corrected chi connectivity index (χ1v) is 15.9. The van der Waals surface area contributed by atoms with Gasteiger partial charge < -0.3 is 30.2 Å². The van der Waals surface area contributed by atoms with E-state index in [9.17, 15) is 19.2 Å². The smallest absolute Gasteiger partial charge is 0.408 e. The summed E-state index contributed by atoms with van der Waals surface area (Å²) in [4.78, 5) is 51.1. The van der Waals surface area contributed by atoms with Gasteiger partial charge in [-0.2, -0.15) is 0 Å². The van der Waals surface area contributed by atoms with E-state index in [1.807, 2.05) is 84.9 Å². The summed E-state index contributed by atoms with van der Waals surface area (Å²) in [5, 5.41) is 8.01. The number of amides is 3. The highest BCUT2D eigenvalue weighted by atomic mass is 16.6. The molecule has 0 radical (unpaired) electrons. The van der Waals surface area contributed by atoms with E-state index in [0.717, 1.165) is 22.3 Å². The molecule has 0 bridgehead atoms. The highest BCUT2D eigenvalue weighted by molar-refractivity contribution is 5.89. The normalized spacial score (nSPS) is 12.6. The molecule has 0 saturated carbocycles. The van der Waals surface area contributed by atoms with Gasteiger partial charge in [0.05, 0.1) is 0 Å². The Labute approximate surface area is 277 Å². The van der Waals surface area contributed by atoms with Crippen LogP contribution in [0.25, 0.3) is 11.1 Å². The predicted molar refractivity (Wildman–Crippen MR) is 180 cm³/mol. The Morgan fingerprint density at radius 3 is 1.91 bits per heavy atom. The Balaban J connectivity index is 1.61. The lowest BCUT2D eigenvalue weighted by Crippen LogP contribution is -2.51. The molecule has 0 heterocycles. The van der Waals surface area contributed by atoms with Crippen molar-refractivity contribution >= 4 is 24.1 Å². The van der Waals surface area contributed by atoms with Crippen molar-refractivity contribution in [2.24, 2.45) is 0 Å². The molecule has 47 heavy (non-hydrogen) atoms. The molecule has 3 aromatic rings. The Hall–Kier alpha value is -4.86. The molecule has 2 atom stereocenters. The summed E-state index contributed by atoms with van der Waals surface area (Å²) in [5.74, 6) is -1.17. The number of carbonyl (C=O) groups is 4. The molecule has 0 saturated heterocycles. The molecule has 10 heteroatoms. The number of hydrogen-bond donors (Lipinski definition) is 3. The zero-order chi connectivity index (χ0) is 34.5. The fraction of sp³-hybridized carbons (Fsp3) is 0.405. The van der Waals surface area contributed by atoms with Gasteiger partial charge in [-0.15, -0.1) is 0 Å². The molecular weight excluding hydrogens is 598 g/mol. The molecule has 10 nitrogen and oxygen atoms in total. The minimum absolute atomic E-state index is 0.0694. The van der Waals surface area contributed by atoms with E-state index in [2.05, 4.69) is 16.0 Å². The molecule has 0 fully saturated rings. The van der Waals surface area contributed by atoms with Crippen LogP contribution in [0.4, 0.5) is 9.59 Å². The average Bonchev–Trinajstić information content (AvgIpc) is 3.02. The minimum atomic E-state index is -1.01. The number of alkyl carbamates (subject to hydrolysis) is 2. The first-order chi connectivity index (χ1) is 22.2. The van der Waals surface area contributed by atoms with Gasteiger partial charge in [0.15, 0.2) is 0 Å². The number of nitrogens with one attached hydrogen (secondary N) is 3. The van der Waals surface area contributed by atoms with E-state index < -0.39 is 47.3 Å². The zero-order valence-corrected chi connectivity index (χ0v) is 28.1. The average molecular weight is 646 g/mol. The lowest BCUT2D eigenvalue weighted by Gasteiger charge is -2.28.